The van der Waals surface area contributed by atoms with Crippen LogP contribution in [-0.4, -0.2) is 47.8 Å². The molecular formula is C83H90Cl2N10. The smallest absolute Gasteiger partial charge is 0.0951 e. The molecular weight excluding hydrogens is 1210 g/mol. The molecule has 13 rings (SSSR count). The van der Waals surface area contributed by atoms with E-state index in [0.717, 1.165) is 72.1 Å². The quantitative estimate of drug-likeness (QED) is 0.0962. The third-order valence-electron chi connectivity index (χ3n) is 17.9. The van der Waals surface area contributed by atoms with E-state index in [2.05, 4.69) is 238 Å². The number of rotatable bonds is 16. The Balaban J connectivity index is 0.000000142. The summed E-state index contributed by atoms with van der Waals surface area (Å²) in [5.41, 5.74) is 29.9. The average molecular weight is 1300 g/mol. The number of hydrogen-bond donors (Lipinski definition) is 0. The summed E-state index contributed by atoms with van der Waals surface area (Å²) in [5.74, 6) is 0. The second-order valence-electron chi connectivity index (χ2n) is 25.1. The van der Waals surface area contributed by atoms with Crippen molar-refractivity contribution in [3.63, 3.8) is 0 Å². The maximum absolute atomic E-state index is 6.23. The minimum Gasteiger partial charge on any atom is -0.337 e. The molecule has 0 atom stereocenters. The third kappa shape index (κ3) is 20.0. The van der Waals surface area contributed by atoms with Gasteiger partial charge in [0.1, 0.15) is 0 Å². The maximum atomic E-state index is 6.23. The first-order chi connectivity index (χ1) is 45.8. The topological polar surface area (TPSA) is 89.1 Å². The molecule has 0 spiro atoms. The van der Waals surface area contributed by atoms with Gasteiger partial charge < -0.3 is 22.8 Å². The molecule has 0 aliphatic carbocycles. The molecule has 0 fully saturated rings. The van der Waals surface area contributed by atoms with Crippen LogP contribution in [0.3, 0.4) is 0 Å². The summed E-state index contributed by atoms with van der Waals surface area (Å²) in [7, 11) is 4.05. The molecule has 0 amide bonds. The van der Waals surface area contributed by atoms with Crippen LogP contribution < -0.4 is 0 Å². The van der Waals surface area contributed by atoms with Crippen LogP contribution in [0.2, 0.25) is 10.0 Å². The highest BCUT2D eigenvalue weighted by Gasteiger charge is 2.13. The number of benzene rings is 8. The van der Waals surface area contributed by atoms with Gasteiger partial charge >= 0.3 is 0 Å². The number of imidazole rings is 5. The molecule has 13 aromatic rings. The number of aromatic nitrogens is 10. The van der Waals surface area contributed by atoms with E-state index in [9.17, 15) is 0 Å². The van der Waals surface area contributed by atoms with E-state index >= 15 is 0 Å². The van der Waals surface area contributed by atoms with Crippen LogP contribution in [0.1, 0.15) is 129 Å². The number of nitrogens with zero attached hydrogens (tertiary/aromatic N) is 10. The van der Waals surface area contributed by atoms with Crippen molar-refractivity contribution in [2.45, 2.75) is 121 Å². The third-order valence-corrected chi connectivity index (χ3v) is 18.6. The van der Waals surface area contributed by atoms with Gasteiger partial charge in [-0.05, 0) is 176 Å². The van der Waals surface area contributed by atoms with Crippen molar-refractivity contribution in [2.75, 3.05) is 0 Å². The van der Waals surface area contributed by atoms with Crippen molar-refractivity contribution in [1.29, 1.82) is 0 Å². The van der Waals surface area contributed by atoms with E-state index in [1.165, 1.54) is 112 Å². The van der Waals surface area contributed by atoms with Gasteiger partial charge in [-0.2, -0.15) is 0 Å². The Kier molecular flexibility index (Phi) is 24.9. The van der Waals surface area contributed by atoms with Crippen LogP contribution in [0.25, 0.3) is 0 Å². The maximum Gasteiger partial charge on any atom is 0.0951 e. The second-order valence-corrected chi connectivity index (χ2v) is 25.9. The van der Waals surface area contributed by atoms with Gasteiger partial charge in [-0.25, -0.2) is 24.9 Å². The van der Waals surface area contributed by atoms with Crippen molar-refractivity contribution in [2.24, 2.45) is 14.1 Å². The van der Waals surface area contributed by atoms with Gasteiger partial charge in [0.25, 0.3) is 0 Å². The summed E-state index contributed by atoms with van der Waals surface area (Å²) in [4.78, 5) is 21.2. The zero-order chi connectivity index (χ0) is 67.4. The van der Waals surface area contributed by atoms with Crippen molar-refractivity contribution in [1.82, 2.24) is 47.8 Å². The molecule has 8 aromatic carbocycles. The molecule has 0 aliphatic rings. The van der Waals surface area contributed by atoms with Gasteiger partial charge in [0.2, 0.25) is 0 Å². The molecule has 0 bridgehead atoms. The van der Waals surface area contributed by atoms with Crippen LogP contribution in [0.4, 0.5) is 0 Å². The molecule has 0 aliphatic heterocycles. The first-order valence-corrected chi connectivity index (χ1v) is 33.3. The first-order valence-electron chi connectivity index (χ1n) is 32.5. The minimum atomic E-state index is 0.708. The zero-order valence-corrected chi connectivity index (χ0v) is 58.8. The predicted octanol–water partition coefficient (Wildman–Crippen LogP) is 19.0. The van der Waals surface area contributed by atoms with Crippen molar-refractivity contribution in [3.05, 3.63) is 371 Å². The molecule has 95 heavy (non-hydrogen) atoms. The number of aryl methyl sites for hydroxylation is 12. The lowest BCUT2D eigenvalue weighted by atomic mass is 9.98. The van der Waals surface area contributed by atoms with Gasteiger partial charge in [0.15, 0.2) is 0 Å². The molecule has 0 radical (unpaired) electrons. The summed E-state index contributed by atoms with van der Waals surface area (Å²) in [6, 6.07) is 59.2. The van der Waals surface area contributed by atoms with Crippen LogP contribution in [0.5, 0.6) is 0 Å². The first kappa shape index (κ1) is 69.7. The molecule has 10 nitrogen and oxygen atoms in total. The van der Waals surface area contributed by atoms with E-state index in [1.54, 1.807) is 0 Å². The Morgan fingerprint density at radius 3 is 1.20 bits per heavy atom. The van der Waals surface area contributed by atoms with Crippen LogP contribution in [-0.2, 0) is 65.8 Å². The van der Waals surface area contributed by atoms with E-state index in [4.69, 9.17) is 23.2 Å². The predicted molar refractivity (Wildman–Crippen MR) is 393 cm³/mol. The van der Waals surface area contributed by atoms with E-state index in [1.807, 2.05) is 125 Å². The molecule has 0 N–H and O–H groups in total. The van der Waals surface area contributed by atoms with Crippen molar-refractivity contribution < 1.29 is 0 Å². The van der Waals surface area contributed by atoms with Crippen LogP contribution in [0.15, 0.2) is 232 Å². The molecule has 5 aromatic heterocycles. The molecule has 0 saturated heterocycles. The lowest BCUT2D eigenvalue weighted by molar-refractivity contribution is 0.744. The van der Waals surface area contributed by atoms with Crippen molar-refractivity contribution >= 4 is 23.2 Å². The highest BCUT2D eigenvalue weighted by molar-refractivity contribution is 6.31. The summed E-state index contributed by atoms with van der Waals surface area (Å²) in [5, 5.41) is 1.55. The van der Waals surface area contributed by atoms with Gasteiger partial charge in [0, 0.05) is 129 Å². The zero-order valence-electron chi connectivity index (χ0n) is 57.3. The summed E-state index contributed by atoms with van der Waals surface area (Å²) >= 11 is 12.5. The average Bonchev–Trinajstić information content (AvgIpc) is 1.85. The van der Waals surface area contributed by atoms with Gasteiger partial charge in [0.05, 0.1) is 38.2 Å². The summed E-state index contributed by atoms with van der Waals surface area (Å²) in [6.45, 7) is 24.1. The Morgan fingerprint density at radius 1 is 0.284 bits per heavy atom. The molecule has 12 heteroatoms. The molecule has 0 saturated carbocycles. The Morgan fingerprint density at radius 2 is 0.674 bits per heavy atom. The molecule has 486 valence electrons. The highest BCUT2D eigenvalue weighted by atomic mass is 35.5. The minimum absolute atomic E-state index is 0.708. The van der Waals surface area contributed by atoms with E-state index in [-0.39, 0.29) is 0 Å². The fourth-order valence-electron chi connectivity index (χ4n) is 11.4. The molecule has 5 heterocycles. The van der Waals surface area contributed by atoms with E-state index in [0.29, 0.717) is 6.54 Å². The lowest BCUT2D eigenvalue weighted by Gasteiger charge is -2.15. The van der Waals surface area contributed by atoms with Gasteiger partial charge in [-0.3, -0.25) is 0 Å². The number of hydrogen-bond acceptors (Lipinski definition) is 5. The highest BCUT2D eigenvalue weighted by Crippen LogP contribution is 2.24. The largest absolute Gasteiger partial charge is 0.337 e. The van der Waals surface area contributed by atoms with Gasteiger partial charge in [-0.1, -0.05) is 186 Å². The summed E-state index contributed by atoms with van der Waals surface area (Å²) < 4.78 is 10.7. The SMILES string of the molecule is Cc1ccc(Cc2cncn2C)cc1.Cc1ccc(Cc2cncn2Cc2ccc(C)c(C)c2)cc1C.Cc1cccc(C)c1Cc1cncn1Cc1c(C)cccc1C.Cc1ccccc1Cc1cncn1C.Clc1ccccc1Cc1cncn1Cc1ccccc1Cl. The monoisotopic (exact) mass is 1300 g/mol. The molecule has 0 unspecified atom stereocenters. The van der Waals surface area contributed by atoms with Gasteiger partial charge in [-0.15, -0.1) is 0 Å². The normalized spacial score (nSPS) is 10.8. The fraction of sp³-hybridized carbons (Fsp3) is 0.241. The van der Waals surface area contributed by atoms with Crippen LogP contribution >= 0.6 is 23.2 Å². The van der Waals surface area contributed by atoms with Crippen molar-refractivity contribution in [3.8, 4) is 0 Å². The lowest BCUT2D eigenvalue weighted by Crippen LogP contribution is -2.07. The summed E-state index contributed by atoms with van der Waals surface area (Å²) in [6.07, 6.45) is 23.6. The van der Waals surface area contributed by atoms with E-state index < -0.39 is 0 Å². The fourth-order valence-corrected chi connectivity index (χ4v) is 11.8. The second kappa shape index (κ2) is 34.0. The van der Waals surface area contributed by atoms with Crippen LogP contribution in [0, 0.1) is 69.2 Å². The Bertz CT molecular complexity index is 4340. The standard InChI is InChI=1S/2C21H24N2.C17H14Cl2N2.2C12H14N2/c1-15-5-7-19(9-17(15)3)11-21-12-22-14-23(21)13-20-8-6-16(2)18(4)10-20;1-15-7-5-8-16(2)20(15)11-19-12-22-14-23(19)13-21-17(3)9-6-10-18(21)4;18-16-7-3-1-5-13(16)9-15-10-20-12-21(15)11-14-6-2-4-8-17(14)19;1-10-3-5-11(6-4-10)7-12-8-13-9-14(12)2;1-10-5-3-4-6-11(10)7-12-8-13-9-14(12)2/h2*5-10,12,14H,11,13H2,1-4H3;1-8,10,12H,9,11H2;2*3-6,8-9H,7H2,1-2H3. The number of halogens is 2. The Hall–Kier alpha value is -9.61. The Labute approximate surface area is 573 Å².